The van der Waals surface area contributed by atoms with Crippen LogP contribution in [0, 0.1) is 0 Å². The fraction of sp³-hybridized carbons (Fsp3) is 0.214. The summed E-state index contributed by atoms with van der Waals surface area (Å²) in [7, 11) is 0. The molecule has 1 aromatic rings. The summed E-state index contributed by atoms with van der Waals surface area (Å²) in [5, 5.41) is 9.98. The van der Waals surface area contributed by atoms with Crippen LogP contribution in [0.5, 0.6) is 0 Å². The number of carbonyl (C=O) groups is 1. The highest BCUT2D eigenvalue weighted by molar-refractivity contribution is 6.50. The van der Waals surface area contributed by atoms with Gasteiger partial charge in [0.25, 0.3) is 0 Å². The number of alkyl halides is 2. The number of Topliss-reactive ketones (excluding diaryl/α,β-unsaturated/α-hetero) is 1. The van der Waals surface area contributed by atoms with Crippen LogP contribution in [0.1, 0.15) is 18.1 Å². The van der Waals surface area contributed by atoms with E-state index in [-0.39, 0.29) is 5.78 Å². The number of hydrogen-bond acceptors (Lipinski definition) is 2. The molecule has 1 N–H and O–H groups in total. The normalized spacial score (nSPS) is 19.2. The summed E-state index contributed by atoms with van der Waals surface area (Å²) in [6.45, 7) is 0. The van der Waals surface area contributed by atoms with E-state index in [0.717, 1.165) is 0 Å². The molecule has 1 unspecified atom stereocenters. The van der Waals surface area contributed by atoms with Crippen molar-refractivity contribution in [3.8, 4) is 0 Å². The molecule has 0 bridgehead atoms. The van der Waals surface area contributed by atoms with Crippen LogP contribution in [-0.2, 0) is 4.79 Å². The van der Waals surface area contributed by atoms with E-state index in [4.69, 9.17) is 23.2 Å². The van der Waals surface area contributed by atoms with E-state index in [1.54, 1.807) is 42.5 Å². The molecule has 18 heavy (non-hydrogen) atoms. The van der Waals surface area contributed by atoms with E-state index in [0.29, 0.717) is 17.6 Å². The van der Waals surface area contributed by atoms with Crippen LogP contribution in [0.2, 0.25) is 0 Å². The highest BCUT2D eigenvalue weighted by Crippen LogP contribution is 2.33. The summed E-state index contributed by atoms with van der Waals surface area (Å²) in [4.78, 5) is 12.1. The maximum atomic E-state index is 12.1. The zero-order valence-electron chi connectivity index (χ0n) is 9.51. The van der Waals surface area contributed by atoms with E-state index in [2.05, 4.69) is 0 Å². The molecule has 1 aliphatic carbocycles. The lowest BCUT2D eigenvalue weighted by atomic mass is 9.96. The SMILES string of the molecule is O=C(C1=CCC(Cl)(Cl)C=C1)C(O)c1ccccc1. The molecule has 4 heteroatoms. The number of rotatable bonds is 3. The van der Waals surface area contributed by atoms with Gasteiger partial charge in [-0.05, 0) is 11.6 Å². The molecular formula is C14H12Cl2O2. The minimum atomic E-state index is -1.15. The molecule has 0 radical (unpaired) electrons. The van der Waals surface area contributed by atoms with Gasteiger partial charge in [0.05, 0.1) is 0 Å². The molecule has 2 nitrogen and oxygen atoms in total. The molecule has 2 rings (SSSR count). The Morgan fingerprint density at radius 1 is 1.28 bits per heavy atom. The van der Waals surface area contributed by atoms with E-state index in [1.165, 1.54) is 0 Å². The minimum absolute atomic E-state index is 0.346. The first-order valence-electron chi connectivity index (χ1n) is 5.54. The van der Waals surface area contributed by atoms with Crippen molar-refractivity contribution >= 4 is 29.0 Å². The van der Waals surface area contributed by atoms with E-state index in [1.807, 2.05) is 6.07 Å². The molecule has 0 saturated heterocycles. The number of carbonyl (C=O) groups excluding carboxylic acids is 1. The molecule has 0 heterocycles. The van der Waals surface area contributed by atoms with Crippen molar-refractivity contribution in [3.63, 3.8) is 0 Å². The topological polar surface area (TPSA) is 37.3 Å². The number of aliphatic hydroxyl groups excluding tert-OH is 1. The van der Waals surface area contributed by atoms with Gasteiger partial charge in [0.1, 0.15) is 10.4 Å². The van der Waals surface area contributed by atoms with E-state index in [9.17, 15) is 9.90 Å². The Kier molecular flexibility index (Phi) is 3.91. The molecule has 94 valence electrons. The Labute approximate surface area is 116 Å². The van der Waals surface area contributed by atoms with Gasteiger partial charge in [-0.3, -0.25) is 4.79 Å². The second kappa shape index (κ2) is 5.27. The van der Waals surface area contributed by atoms with Crippen molar-refractivity contribution in [3.05, 3.63) is 59.7 Å². The second-order valence-corrected chi connectivity index (χ2v) is 5.68. The largest absolute Gasteiger partial charge is 0.380 e. The van der Waals surface area contributed by atoms with Gasteiger partial charge >= 0.3 is 0 Å². The van der Waals surface area contributed by atoms with Crippen molar-refractivity contribution in [2.45, 2.75) is 16.9 Å². The third kappa shape index (κ3) is 3.02. The van der Waals surface area contributed by atoms with Crippen LogP contribution in [0.15, 0.2) is 54.1 Å². The van der Waals surface area contributed by atoms with Crippen LogP contribution >= 0.6 is 23.2 Å². The summed E-state index contributed by atoms with van der Waals surface area (Å²) < 4.78 is -0.957. The maximum absolute atomic E-state index is 12.1. The van der Waals surface area contributed by atoms with Crippen molar-refractivity contribution in [2.24, 2.45) is 0 Å². The van der Waals surface area contributed by atoms with Crippen molar-refractivity contribution in [2.75, 3.05) is 0 Å². The van der Waals surface area contributed by atoms with Gasteiger partial charge in [-0.15, -0.1) is 0 Å². The predicted octanol–water partition coefficient (Wildman–Crippen LogP) is 3.35. The minimum Gasteiger partial charge on any atom is -0.380 e. The van der Waals surface area contributed by atoms with Crippen molar-refractivity contribution in [1.82, 2.24) is 0 Å². The van der Waals surface area contributed by atoms with Crippen LogP contribution < -0.4 is 0 Å². The number of ketones is 1. The first-order chi connectivity index (χ1) is 8.49. The first-order valence-corrected chi connectivity index (χ1v) is 6.30. The molecule has 0 spiro atoms. The van der Waals surface area contributed by atoms with Gasteiger partial charge in [0, 0.05) is 12.0 Å². The quantitative estimate of drug-likeness (QED) is 0.864. The monoisotopic (exact) mass is 282 g/mol. The molecular weight excluding hydrogens is 271 g/mol. The number of halogens is 2. The molecule has 1 atom stereocenters. The summed E-state index contributed by atoms with van der Waals surface area (Å²) >= 11 is 11.8. The average Bonchev–Trinajstić information content (AvgIpc) is 2.38. The fourth-order valence-corrected chi connectivity index (χ4v) is 2.00. The molecule has 1 aromatic carbocycles. The summed E-state index contributed by atoms with van der Waals surface area (Å²) in [5.74, 6) is -0.346. The molecule has 0 saturated carbocycles. The van der Waals surface area contributed by atoms with Gasteiger partial charge < -0.3 is 5.11 Å². The van der Waals surface area contributed by atoms with E-state index >= 15 is 0 Å². The lowest BCUT2D eigenvalue weighted by Gasteiger charge is -2.19. The van der Waals surface area contributed by atoms with Gasteiger partial charge in [-0.2, -0.15) is 0 Å². The van der Waals surface area contributed by atoms with Crippen molar-refractivity contribution < 1.29 is 9.90 Å². The van der Waals surface area contributed by atoms with Crippen LogP contribution in [0.3, 0.4) is 0 Å². The number of hydrogen-bond donors (Lipinski definition) is 1. The average molecular weight is 283 g/mol. The molecule has 0 aliphatic heterocycles. The van der Waals surface area contributed by atoms with E-state index < -0.39 is 10.4 Å². The number of allylic oxidation sites excluding steroid dienone is 3. The van der Waals surface area contributed by atoms with Gasteiger partial charge in [-0.1, -0.05) is 65.7 Å². The Bertz CT molecular complexity index is 504. The summed E-state index contributed by atoms with van der Waals surface area (Å²) in [6, 6.07) is 8.81. The lowest BCUT2D eigenvalue weighted by molar-refractivity contribution is -0.123. The second-order valence-electron chi connectivity index (χ2n) is 4.14. The van der Waals surface area contributed by atoms with Gasteiger partial charge in [0.15, 0.2) is 5.78 Å². The predicted molar refractivity (Wildman–Crippen MR) is 72.7 cm³/mol. The highest BCUT2D eigenvalue weighted by atomic mass is 35.5. The van der Waals surface area contributed by atoms with Gasteiger partial charge in [0.2, 0.25) is 0 Å². The zero-order chi connectivity index (χ0) is 13.2. The van der Waals surface area contributed by atoms with Crippen LogP contribution in [0.4, 0.5) is 0 Å². The van der Waals surface area contributed by atoms with Crippen LogP contribution in [0.25, 0.3) is 0 Å². The Morgan fingerprint density at radius 3 is 2.50 bits per heavy atom. The third-order valence-corrected chi connectivity index (χ3v) is 3.31. The smallest absolute Gasteiger partial charge is 0.195 e. The Morgan fingerprint density at radius 2 is 1.94 bits per heavy atom. The molecule has 0 amide bonds. The standard InChI is InChI=1S/C14H12Cl2O2/c15-14(16)8-6-11(7-9-14)13(18)12(17)10-4-2-1-3-5-10/h1-8,12,17H,9H2. The lowest BCUT2D eigenvalue weighted by Crippen LogP contribution is -2.18. The molecule has 0 aromatic heterocycles. The summed E-state index contributed by atoms with van der Waals surface area (Å²) in [5.41, 5.74) is 1.01. The Balaban J connectivity index is 2.14. The van der Waals surface area contributed by atoms with Crippen LogP contribution in [-0.4, -0.2) is 15.2 Å². The molecule has 0 fully saturated rings. The molecule has 1 aliphatic rings. The first kappa shape index (κ1) is 13.3. The maximum Gasteiger partial charge on any atom is 0.195 e. The fourth-order valence-electron chi connectivity index (χ4n) is 1.72. The number of aliphatic hydroxyl groups is 1. The Hall–Kier alpha value is -1.09. The third-order valence-electron chi connectivity index (χ3n) is 2.75. The highest BCUT2D eigenvalue weighted by Gasteiger charge is 2.26. The van der Waals surface area contributed by atoms with Crippen molar-refractivity contribution in [1.29, 1.82) is 0 Å². The van der Waals surface area contributed by atoms with Gasteiger partial charge in [-0.25, -0.2) is 0 Å². The summed E-state index contributed by atoms with van der Waals surface area (Å²) in [6.07, 6.45) is 3.96. The number of benzene rings is 1. The zero-order valence-corrected chi connectivity index (χ0v) is 11.0.